The molecular weight excluding hydrogens is 204 g/mol. The average Bonchev–Trinajstić information content (AvgIpc) is 2.33. The summed E-state index contributed by atoms with van der Waals surface area (Å²) in [5.74, 6) is 0.695. The summed E-state index contributed by atoms with van der Waals surface area (Å²) < 4.78 is 5.25. The highest BCUT2D eigenvalue weighted by Crippen LogP contribution is 2.30. The van der Waals surface area contributed by atoms with Gasteiger partial charge in [-0.3, -0.25) is 4.79 Å². The third-order valence-corrected chi connectivity index (χ3v) is 2.86. The first-order valence-electron chi connectivity index (χ1n) is 5.44. The Bertz CT molecular complexity index is 392. The van der Waals surface area contributed by atoms with Crippen LogP contribution in [0.15, 0.2) is 24.3 Å². The van der Waals surface area contributed by atoms with Crippen molar-refractivity contribution >= 4 is 11.6 Å². The number of rotatable bonds is 2. The van der Waals surface area contributed by atoms with Gasteiger partial charge in [0, 0.05) is 6.54 Å². The molecule has 1 fully saturated rings. The van der Waals surface area contributed by atoms with Crippen LogP contribution in [0.1, 0.15) is 12.8 Å². The number of piperidine rings is 1. The molecule has 1 aliphatic heterocycles. The van der Waals surface area contributed by atoms with E-state index in [9.17, 15) is 4.79 Å². The van der Waals surface area contributed by atoms with Crippen molar-refractivity contribution in [1.82, 2.24) is 0 Å². The first-order valence-corrected chi connectivity index (χ1v) is 5.44. The van der Waals surface area contributed by atoms with E-state index in [2.05, 4.69) is 0 Å². The standard InChI is InChI=1S/C12H16N2O2/c1-16-11-7-3-2-6-10(11)14-8-4-5-9(13)12(14)15/h2-3,6-7,9H,4-5,8,13H2,1H3. The fourth-order valence-corrected chi connectivity index (χ4v) is 2.00. The van der Waals surface area contributed by atoms with Crippen molar-refractivity contribution in [2.75, 3.05) is 18.6 Å². The lowest BCUT2D eigenvalue weighted by Crippen LogP contribution is -2.48. The molecule has 0 spiro atoms. The van der Waals surface area contributed by atoms with Crippen LogP contribution in [0.3, 0.4) is 0 Å². The molecule has 4 nitrogen and oxygen atoms in total. The smallest absolute Gasteiger partial charge is 0.244 e. The zero-order valence-corrected chi connectivity index (χ0v) is 9.35. The second-order valence-corrected chi connectivity index (χ2v) is 3.91. The van der Waals surface area contributed by atoms with Crippen LogP contribution >= 0.6 is 0 Å². The molecule has 1 atom stereocenters. The molecule has 1 saturated heterocycles. The molecule has 1 aliphatic rings. The van der Waals surface area contributed by atoms with Gasteiger partial charge in [-0.1, -0.05) is 12.1 Å². The van der Waals surface area contributed by atoms with E-state index in [4.69, 9.17) is 10.5 Å². The Balaban J connectivity index is 2.32. The molecule has 1 aromatic rings. The molecule has 1 amide bonds. The monoisotopic (exact) mass is 220 g/mol. The zero-order valence-electron chi connectivity index (χ0n) is 9.35. The van der Waals surface area contributed by atoms with Gasteiger partial charge in [-0.05, 0) is 25.0 Å². The summed E-state index contributed by atoms with van der Waals surface area (Å²) in [5, 5.41) is 0. The fraction of sp³-hybridized carbons (Fsp3) is 0.417. The van der Waals surface area contributed by atoms with Gasteiger partial charge in [0.15, 0.2) is 0 Å². The third kappa shape index (κ3) is 1.88. The number of hydrogen-bond acceptors (Lipinski definition) is 3. The first kappa shape index (κ1) is 11.0. The number of anilines is 1. The molecule has 1 unspecified atom stereocenters. The molecule has 16 heavy (non-hydrogen) atoms. The number of carbonyl (C=O) groups is 1. The summed E-state index contributed by atoms with van der Waals surface area (Å²) in [5.41, 5.74) is 6.58. The van der Waals surface area contributed by atoms with Crippen molar-refractivity contribution in [2.24, 2.45) is 5.73 Å². The zero-order chi connectivity index (χ0) is 11.5. The average molecular weight is 220 g/mol. The highest BCUT2D eigenvalue weighted by Gasteiger charge is 2.28. The van der Waals surface area contributed by atoms with Crippen LogP contribution in [0.2, 0.25) is 0 Å². The van der Waals surface area contributed by atoms with Crippen LogP contribution in [-0.4, -0.2) is 25.6 Å². The molecular formula is C12H16N2O2. The summed E-state index contributed by atoms with van der Waals surface area (Å²) in [4.78, 5) is 13.7. The second kappa shape index (κ2) is 4.53. The summed E-state index contributed by atoms with van der Waals surface area (Å²) in [7, 11) is 1.60. The van der Waals surface area contributed by atoms with Gasteiger partial charge in [0.2, 0.25) is 5.91 Å². The number of methoxy groups -OCH3 is 1. The third-order valence-electron chi connectivity index (χ3n) is 2.86. The van der Waals surface area contributed by atoms with Crippen LogP contribution in [0.4, 0.5) is 5.69 Å². The van der Waals surface area contributed by atoms with E-state index in [0.717, 1.165) is 18.5 Å². The number of nitrogens with zero attached hydrogens (tertiary/aromatic N) is 1. The summed E-state index contributed by atoms with van der Waals surface area (Å²) in [6.07, 6.45) is 1.70. The molecule has 2 N–H and O–H groups in total. The van der Waals surface area contributed by atoms with Gasteiger partial charge in [0.25, 0.3) is 0 Å². The van der Waals surface area contributed by atoms with Gasteiger partial charge >= 0.3 is 0 Å². The molecule has 2 rings (SSSR count). The van der Waals surface area contributed by atoms with Crippen molar-refractivity contribution in [3.05, 3.63) is 24.3 Å². The fourth-order valence-electron chi connectivity index (χ4n) is 2.00. The van der Waals surface area contributed by atoms with Gasteiger partial charge in [-0.2, -0.15) is 0 Å². The minimum Gasteiger partial charge on any atom is -0.495 e. The van der Waals surface area contributed by atoms with Crippen LogP contribution in [0.5, 0.6) is 5.75 Å². The number of carbonyl (C=O) groups excluding carboxylic acids is 1. The van der Waals surface area contributed by atoms with E-state index in [-0.39, 0.29) is 11.9 Å². The largest absolute Gasteiger partial charge is 0.495 e. The highest BCUT2D eigenvalue weighted by molar-refractivity contribution is 5.98. The number of benzene rings is 1. The maximum atomic E-state index is 11.9. The van der Waals surface area contributed by atoms with Crippen molar-refractivity contribution in [3.8, 4) is 5.75 Å². The normalized spacial score (nSPS) is 21.0. The van der Waals surface area contributed by atoms with Gasteiger partial charge < -0.3 is 15.4 Å². The van der Waals surface area contributed by atoms with Gasteiger partial charge in [-0.15, -0.1) is 0 Å². The SMILES string of the molecule is COc1ccccc1N1CCCC(N)C1=O. The number of nitrogens with two attached hydrogens (primary N) is 1. The Morgan fingerprint density at radius 1 is 1.44 bits per heavy atom. The van der Waals surface area contributed by atoms with E-state index in [0.29, 0.717) is 12.3 Å². The summed E-state index contributed by atoms with van der Waals surface area (Å²) in [6.45, 7) is 0.715. The number of ether oxygens (including phenoxy) is 1. The number of hydrogen-bond donors (Lipinski definition) is 1. The van der Waals surface area contributed by atoms with Gasteiger partial charge in [0.1, 0.15) is 5.75 Å². The van der Waals surface area contributed by atoms with E-state index in [1.807, 2.05) is 24.3 Å². The lowest BCUT2D eigenvalue weighted by atomic mass is 10.0. The lowest BCUT2D eigenvalue weighted by molar-refractivity contribution is -0.120. The highest BCUT2D eigenvalue weighted by atomic mass is 16.5. The van der Waals surface area contributed by atoms with Crippen LogP contribution in [-0.2, 0) is 4.79 Å². The van der Waals surface area contributed by atoms with E-state index >= 15 is 0 Å². The molecule has 0 radical (unpaired) electrons. The van der Waals surface area contributed by atoms with Crippen molar-refractivity contribution in [1.29, 1.82) is 0 Å². The van der Waals surface area contributed by atoms with E-state index in [1.54, 1.807) is 12.0 Å². The molecule has 1 heterocycles. The van der Waals surface area contributed by atoms with Crippen molar-refractivity contribution < 1.29 is 9.53 Å². The van der Waals surface area contributed by atoms with E-state index in [1.165, 1.54) is 0 Å². The Labute approximate surface area is 95.0 Å². The number of amides is 1. The Kier molecular flexibility index (Phi) is 3.10. The summed E-state index contributed by atoms with van der Waals surface area (Å²) in [6, 6.07) is 7.14. The molecule has 0 saturated carbocycles. The van der Waals surface area contributed by atoms with Crippen molar-refractivity contribution in [3.63, 3.8) is 0 Å². The minimum absolute atomic E-state index is 0.0178. The molecule has 4 heteroatoms. The lowest BCUT2D eigenvalue weighted by Gasteiger charge is -2.31. The van der Waals surface area contributed by atoms with Crippen molar-refractivity contribution in [2.45, 2.75) is 18.9 Å². The first-order chi connectivity index (χ1) is 7.74. The molecule has 0 bridgehead atoms. The molecule has 0 aromatic heterocycles. The molecule has 0 aliphatic carbocycles. The molecule has 1 aromatic carbocycles. The predicted molar refractivity (Wildman–Crippen MR) is 62.6 cm³/mol. The van der Waals surface area contributed by atoms with E-state index < -0.39 is 0 Å². The van der Waals surface area contributed by atoms with Gasteiger partial charge in [0.05, 0.1) is 18.8 Å². The number of para-hydroxylation sites is 2. The molecule has 86 valence electrons. The van der Waals surface area contributed by atoms with Crippen LogP contribution < -0.4 is 15.4 Å². The minimum atomic E-state index is -0.376. The summed E-state index contributed by atoms with van der Waals surface area (Å²) >= 11 is 0. The van der Waals surface area contributed by atoms with Gasteiger partial charge in [-0.25, -0.2) is 0 Å². The van der Waals surface area contributed by atoms with Crippen LogP contribution in [0, 0.1) is 0 Å². The maximum absolute atomic E-state index is 11.9. The Morgan fingerprint density at radius 3 is 2.94 bits per heavy atom. The second-order valence-electron chi connectivity index (χ2n) is 3.91. The maximum Gasteiger partial charge on any atom is 0.244 e. The quantitative estimate of drug-likeness (QED) is 0.813. The Hall–Kier alpha value is -1.55. The predicted octanol–water partition coefficient (Wildman–Crippen LogP) is 1.15. The van der Waals surface area contributed by atoms with Crippen LogP contribution in [0.25, 0.3) is 0 Å². The topological polar surface area (TPSA) is 55.6 Å². The Morgan fingerprint density at radius 2 is 2.19 bits per heavy atom.